The van der Waals surface area contributed by atoms with Crippen LogP contribution in [0.1, 0.15) is 36.1 Å². The van der Waals surface area contributed by atoms with Crippen molar-refractivity contribution in [2.75, 3.05) is 26.7 Å². The molecular formula is C16H22ClN3O2. The quantitative estimate of drug-likeness (QED) is 0.888. The summed E-state index contributed by atoms with van der Waals surface area (Å²) in [6, 6.07) is 5.62. The van der Waals surface area contributed by atoms with E-state index in [1.165, 1.54) is 0 Å². The van der Waals surface area contributed by atoms with E-state index in [-0.39, 0.29) is 12.1 Å². The van der Waals surface area contributed by atoms with Gasteiger partial charge in [0.2, 0.25) is 0 Å². The van der Waals surface area contributed by atoms with E-state index >= 15 is 0 Å². The zero-order valence-electron chi connectivity index (χ0n) is 12.7. The van der Waals surface area contributed by atoms with Crippen LogP contribution in [0.15, 0.2) is 18.2 Å². The topological polar surface area (TPSA) is 69.8 Å². The number of aliphatic carboxylic acids is 1. The smallest absolute Gasteiger partial charge is 0.320 e. The molecule has 0 saturated carbocycles. The molecule has 3 rings (SSSR count). The predicted octanol–water partition coefficient (Wildman–Crippen LogP) is 1.88. The molecule has 2 heterocycles. The Kier molecular flexibility index (Phi) is 4.41. The number of nitrogens with two attached hydrogens (primary N) is 1. The molecule has 2 aliphatic rings. The molecule has 1 fully saturated rings. The average molecular weight is 324 g/mol. The highest BCUT2D eigenvalue weighted by Crippen LogP contribution is 2.42. The SMILES string of the molecule is CN1CC(N2CCCC2C(=O)O)c2c(Cl)cccc2C1CN. The first kappa shape index (κ1) is 15.7. The Morgan fingerprint density at radius 1 is 1.50 bits per heavy atom. The molecule has 0 aromatic heterocycles. The lowest BCUT2D eigenvalue weighted by atomic mass is 9.88. The number of hydrogen-bond donors (Lipinski definition) is 2. The van der Waals surface area contributed by atoms with Crippen molar-refractivity contribution in [3.05, 3.63) is 34.3 Å². The van der Waals surface area contributed by atoms with Gasteiger partial charge in [-0.15, -0.1) is 0 Å². The van der Waals surface area contributed by atoms with Crippen LogP contribution in [0.25, 0.3) is 0 Å². The molecule has 22 heavy (non-hydrogen) atoms. The third-order valence-electron chi connectivity index (χ3n) is 4.97. The minimum atomic E-state index is -0.741. The van der Waals surface area contributed by atoms with Gasteiger partial charge in [0.1, 0.15) is 6.04 Å². The minimum Gasteiger partial charge on any atom is -0.480 e. The minimum absolute atomic E-state index is 0.0140. The van der Waals surface area contributed by atoms with Crippen molar-refractivity contribution in [1.29, 1.82) is 0 Å². The van der Waals surface area contributed by atoms with Crippen molar-refractivity contribution in [3.63, 3.8) is 0 Å². The van der Waals surface area contributed by atoms with Crippen LogP contribution >= 0.6 is 11.6 Å². The van der Waals surface area contributed by atoms with Crippen LogP contribution in [0, 0.1) is 0 Å². The highest BCUT2D eigenvalue weighted by Gasteiger charge is 2.41. The van der Waals surface area contributed by atoms with Crippen molar-refractivity contribution < 1.29 is 9.90 Å². The number of likely N-dealkylation sites (N-methyl/N-ethyl adjacent to an activating group) is 1. The maximum Gasteiger partial charge on any atom is 0.320 e. The molecule has 0 radical (unpaired) electrons. The van der Waals surface area contributed by atoms with Gasteiger partial charge in [-0.2, -0.15) is 0 Å². The molecule has 1 saturated heterocycles. The van der Waals surface area contributed by atoms with Gasteiger partial charge in [0.05, 0.1) is 6.04 Å². The van der Waals surface area contributed by atoms with Gasteiger partial charge in [-0.25, -0.2) is 0 Å². The van der Waals surface area contributed by atoms with Gasteiger partial charge in [-0.05, 0) is 43.6 Å². The number of fused-ring (bicyclic) bond motifs is 1. The Hall–Kier alpha value is -1.14. The summed E-state index contributed by atoms with van der Waals surface area (Å²) in [7, 11) is 2.04. The number of rotatable bonds is 3. The molecule has 3 N–H and O–H groups in total. The zero-order chi connectivity index (χ0) is 15.9. The molecule has 1 aromatic rings. The fourth-order valence-electron chi connectivity index (χ4n) is 3.93. The molecule has 1 aromatic carbocycles. The summed E-state index contributed by atoms with van der Waals surface area (Å²) in [4.78, 5) is 15.8. The summed E-state index contributed by atoms with van der Waals surface area (Å²) in [6.45, 7) is 2.08. The van der Waals surface area contributed by atoms with Crippen molar-refractivity contribution in [3.8, 4) is 0 Å². The second-order valence-corrected chi connectivity index (χ2v) is 6.59. The van der Waals surface area contributed by atoms with Crippen LogP contribution in [-0.2, 0) is 4.79 Å². The van der Waals surface area contributed by atoms with Crippen LogP contribution in [0.2, 0.25) is 5.02 Å². The Bertz CT molecular complexity index is 581. The number of benzene rings is 1. The van der Waals surface area contributed by atoms with Gasteiger partial charge in [0, 0.05) is 24.2 Å². The number of nitrogens with zero attached hydrogens (tertiary/aromatic N) is 2. The Labute approximate surface area is 135 Å². The van der Waals surface area contributed by atoms with Crippen molar-refractivity contribution in [2.45, 2.75) is 31.0 Å². The van der Waals surface area contributed by atoms with Crippen molar-refractivity contribution >= 4 is 17.6 Å². The van der Waals surface area contributed by atoms with Crippen molar-refractivity contribution in [1.82, 2.24) is 9.80 Å². The van der Waals surface area contributed by atoms with E-state index in [0.29, 0.717) is 18.0 Å². The van der Waals surface area contributed by atoms with Crippen LogP contribution in [0.5, 0.6) is 0 Å². The number of hydrogen-bond acceptors (Lipinski definition) is 4. The van der Waals surface area contributed by atoms with Crippen LogP contribution in [-0.4, -0.2) is 53.6 Å². The fraction of sp³-hybridized carbons (Fsp3) is 0.562. The Morgan fingerprint density at radius 3 is 2.95 bits per heavy atom. The lowest BCUT2D eigenvalue weighted by molar-refractivity contribution is -0.143. The van der Waals surface area contributed by atoms with Gasteiger partial charge in [-0.3, -0.25) is 14.6 Å². The van der Waals surface area contributed by atoms with Gasteiger partial charge in [0.25, 0.3) is 0 Å². The lowest BCUT2D eigenvalue weighted by Gasteiger charge is -2.43. The Balaban J connectivity index is 2.04. The number of carbonyl (C=O) groups is 1. The number of halogens is 1. The summed E-state index contributed by atoms with van der Waals surface area (Å²) in [6.07, 6.45) is 1.62. The second kappa shape index (κ2) is 6.16. The molecule has 3 unspecified atom stereocenters. The lowest BCUT2D eigenvalue weighted by Crippen LogP contribution is -2.48. The maximum atomic E-state index is 11.5. The molecule has 3 atom stereocenters. The second-order valence-electron chi connectivity index (χ2n) is 6.18. The standard InChI is InChI=1S/C16H22ClN3O2/c1-19-9-14(20-7-3-6-12(20)16(21)22)15-10(13(19)8-18)4-2-5-11(15)17/h2,4-5,12-14H,3,6-9,18H2,1H3,(H,21,22). The highest BCUT2D eigenvalue weighted by atomic mass is 35.5. The first-order valence-corrected chi connectivity index (χ1v) is 8.09. The monoisotopic (exact) mass is 323 g/mol. The first-order valence-electron chi connectivity index (χ1n) is 7.71. The maximum absolute atomic E-state index is 11.5. The molecular weight excluding hydrogens is 302 g/mol. The molecule has 0 aliphatic carbocycles. The van der Waals surface area contributed by atoms with Gasteiger partial charge < -0.3 is 10.8 Å². The summed E-state index contributed by atoms with van der Waals surface area (Å²) < 4.78 is 0. The summed E-state index contributed by atoms with van der Waals surface area (Å²) >= 11 is 6.48. The van der Waals surface area contributed by atoms with Crippen LogP contribution < -0.4 is 5.73 Å². The number of likely N-dealkylation sites (tertiary alicyclic amines) is 1. The third kappa shape index (κ3) is 2.52. The summed E-state index contributed by atoms with van der Waals surface area (Å²) in [5, 5.41) is 10.2. The van der Waals surface area contributed by atoms with Gasteiger partial charge >= 0.3 is 5.97 Å². The van der Waals surface area contributed by atoms with E-state index in [1.54, 1.807) is 0 Å². The summed E-state index contributed by atoms with van der Waals surface area (Å²) in [5.74, 6) is -0.741. The van der Waals surface area contributed by atoms with E-state index in [2.05, 4.69) is 15.9 Å². The van der Waals surface area contributed by atoms with E-state index < -0.39 is 12.0 Å². The van der Waals surface area contributed by atoms with E-state index in [1.807, 2.05) is 19.2 Å². The van der Waals surface area contributed by atoms with Crippen LogP contribution in [0.3, 0.4) is 0 Å². The third-order valence-corrected chi connectivity index (χ3v) is 5.30. The molecule has 120 valence electrons. The van der Waals surface area contributed by atoms with Crippen molar-refractivity contribution in [2.24, 2.45) is 5.73 Å². The predicted molar refractivity (Wildman–Crippen MR) is 86.0 cm³/mol. The molecule has 2 aliphatic heterocycles. The average Bonchev–Trinajstić information content (AvgIpc) is 2.96. The van der Waals surface area contributed by atoms with Gasteiger partial charge in [0.15, 0.2) is 0 Å². The molecule has 0 bridgehead atoms. The number of carboxylic acid groups (broad SMARTS) is 1. The molecule has 6 heteroatoms. The number of carboxylic acids is 1. The summed E-state index contributed by atoms with van der Waals surface area (Å²) in [5.41, 5.74) is 8.13. The highest BCUT2D eigenvalue weighted by molar-refractivity contribution is 6.31. The molecule has 0 amide bonds. The van der Waals surface area contributed by atoms with E-state index in [9.17, 15) is 9.90 Å². The molecule has 5 nitrogen and oxygen atoms in total. The molecule has 0 spiro atoms. The fourth-order valence-corrected chi connectivity index (χ4v) is 4.24. The van der Waals surface area contributed by atoms with E-state index in [0.717, 1.165) is 30.6 Å². The van der Waals surface area contributed by atoms with Gasteiger partial charge in [-0.1, -0.05) is 23.7 Å². The largest absolute Gasteiger partial charge is 0.480 e. The zero-order valence-corrected chi connectivity index (χ0v) is 13.5. The first-order chi connectivity index (χ1) is 10.5. The Morgan fingerprint density at radius 2 is 2.27 bits per heavy atom. The van der Waals surface area contributed by atoms with Crippen LogP contribution in [0.4, 0.5) is 0 Å². The normalized spacial score (nSPS) is 29.5. The van der Waals surface area contributed by atoms with E-state index in [4.69, 9.17) is 17.3 Å².